The molecule has 0 bridgehead atoms. The molecule has 2 aromatic rings. The lowest BCUT2D eigenvalue weighted by atomic mass is 10.0. The highest BCUT2D eigenvalue weighted by molar-refractivity contribution is 5.96. The number of amides is 1. The Bertz CT molecular complexity index is 735. The molecule has 1 aromatic carbocycles. The molecule has 116 valence electrons. The molecule has 1 heterocycles. The number of pyridine rings is 1. The second-order valence-electron chi connectivity index (χ2n) is 5.72. The zero-order valence-corrected chi connectivity index (χ0v) is 13.0. The maximum absolute atomic E-state index is 12.6. The van der Waals surface area contributed by atoms with Crippen LogP contribution >= 0.6 is 0 Å². The number of nitrogen functional groups attached to an aromatic ring is 1. The number of nitrogens with one attached hydrogen (secondary N) is 1. The molecule has 0 saturated carbocycles. The Morgan fingerprint density at radius 1 is 1.18 bits per heavy atom. The third kappa shape index (κ3) is 3.36. The highest BCUT2D eigenvalue weighted by Gasteiger charge is 2.25. The zero-order chi connectivity index (χ0) is 16.3. The number of anilines is 2. The average Bonchev–Trinajstić information content (AvgIpc) is 2.45. The van der Waals surface area contributed by atoms with E-state index in [0.717, 1.165) is 5.56 Å². The van der Waals surface area contributed by atoms with E-state index in [-0.39, 0.29) is 17.4 Å². The SMILES string of the molecule is Cc1ccc(=O)n(C(C(=O)Nc2ccccc2N)C(C)C)c1. The molecule has 1 amide bonds. The molecular weight excluding hydrogens is 278 g/mol. The van der Waals surface area contributed by atoms with Gasteiger partial charge in [-0.25, -0.2) is 0 Å². The first-order chi connectivity index (χ1) is 10.4. The fraction of sp³-hybridized carbons (Fsp3) is 0.294. The molecule has 0 radical (unpaired) electrons. The number of para-hydroxylation sites is 2. The summed E-state index contributed by atoms with van der Waals surface area (Å²) in [5.41, 5.74) is 7.64. The monoisotopic (exact) mass is 299 g/mol. The van der Waals surface area contributed by atoms with Gasteiger partial charge in [0.25, 0.3) is 5.56 Å². The number of hydrogen-bond donors (Lipinski definition) is 2. The molecule has 0 spiro atoms. The Labute approximate surface area is 129 Å². The Kier molecular flexibility index (Phi) is 4.65. The van der Waals surface area contributed by atoms with Gasteiger partial charge in [-0.2, -0.15) is 0 Å². The van der Waals surface area contributed by atoms with Crippen molar-refractivity contribution in [2.75, 3.05) is 11.1 Å². The van der Waals surface area contributed by atoms with Crippen LogP contribution in [-0.4, -0.2) is 10.5 Å². The van der Waals surface area contributed by atoms with Crippen LogP contribution in [0.2, 0.25) is 0 Å². The Morgan fingerprint density at radius 2 is 1.86 bits per heavy atom. The molecule has 0 aliphatic heterocycles. The van der Waals surface area contributed by atoms with Crippen molar-refractivity contribution in [2.24, 2.45) is 5.92 Å². The normalized spacial score (nSPS) is 12.2. The number of aromatic nitrogens is 1. The summed E-state index contributed by atoms with van der Waals surface area (Å²) in [6.07, 6.45) is 1.71. The van der Waals surface area contributed by atoms with Crippen LogP contribution < -0.4 is 16.6 Å². The number of aryl methyl sites for hydroxylation is 1. The van der Waals surface area contributed by atoms with E-state index >= 15 is 0 Å². The summed E-state index contributed by atoms with van der Waals surface area (Å²) in [6.45, 7) is 5.71. The maximum atomic E-state index is 12.6. The molecule has 1 unspecified atom stereocenters. The van der Waals surface area contributed by atoms with Gasteiger partial charge < -0.3 is 15.6 Å². The number of nitrogens with two attached hydrogens (primary N) is 1. The highest BCUT2D eigenvalue weighted by atomic mass is 16.2. The first-order valence-electron chi connectivity index (χ1n) is 7.24. The van der Waals surface area contributed by atoms with Gasteiger partial charge >= 0.3 is 0 Å². The predicted molar refractivity (Wildman–Crippen MR) is 88.8 cm³/mol. The second kappa shape index (κ2) is 6.47. The van der Waals surface area contributed by atoms with Crippen LogP contribution in [0, 0.1) is 12.8 Å². The van der Waals surface area contributed by atoms with Gasteiger partial charge in [-0.1, -0.05) is 32.0 Å². The molecule has 0 aliphatic rings. The van der Waals surface area contributed by atoms with Crippen molar-refractivity contribution in [1.29, 1.82) is 0 Å². The van der Waals surface area contributed by atoms with E-state index in [9.17, 15) is 9.59 Å². The summed E-state index contributed by atoms with van der Waals surface area (Å²) in [6, 6.07) is 9.69. The minimum Gasteiger partial charge on any atom is -0.397 e. The lowest BCUT2D eigenvalue weighted by molar-refractivity contribution is -0.120. The van der Waals surface area contributed by atoms with E-state index in [4.69, 9.17) is 5.73 Å². The third-order valence-electron chi connectivity index (χ3n) is 3.50. The number of rotatable bonds is 4. The number of nitrogens with zero attached hydrogens (tertiary/aromatic N) is 1. The van der Waals surface area contributed by atoms with E-state index in [1.54, 1.807) is 36.5 Å². The van der Waals surface area contributed by atoms with Crippen LogP contribution in [0.15, 0.2) is 47.4 Å². The smallest absolute Gasteiger partial charge is 0.251 e. The van der Waals surface area contributed by atoms with Crippen molar-refractivity contribution in [2.45, 2.75) is 26.8 Å². The minimum atomic E-state index is -0.591. The van der Waals surface area contributed by atoms with E-state index in [2.05, 4.69) is 5.32 Å². The molecule has 2 rings (SSSR count). The van der Waals surface area contributed by atoms with E-state index < -0.39 is 6.04 Å². The van der Waals surface area contributed by atoms with Gasteiger partial charge in [0.2, 0.25) is 5.91 Å². The molecule has 3 N–H and O–H groups in total. The Hall–Kier alpha value is -2.56. The molecule has 22 heavy (non-hydrogen) atoms. The maximum Gasteiger partial charge on any atom is 0.251 e. The lowest BCUT2D eigenvalue weighted by Crippen LogP contribution is -2.36. The fourth-order valence-electron chi connectivity index (χ4n) is 2.40. The van der Waals surface area contributed by atoms with Crippen molar-refractivity contribution in [3.05, 3.63) is 58.5 Å². The van der Waals surface area contributed by atoms with Gasteiger partial charge in [0.15, 0.2) is 0 Å². The van der Waals surface area contributed by atoms with Gasteiger partial charge in [0, 0.05) is 12.3 Å². The molecule has 0 fully saturated rings. The van der Waals surface area contributed by atoms with Crippen LogP contribution in [0.1, 0.15) is 25.5 Å². The number of hydrogen-bond acceptors (Lipinski definition) is 3. The van der Waals surface area contributed by atoms with Crippen LogP contribution in [-0.2, 0) is 4.79 Å². The van der Waals surface area contributed by atoms with Gasteiger partial charge in [-0.05, 0) is 30.5 Å². The average molecular weight is 299 g/mol. The minimum absolute atomic E-state index is 0.0376. The van der Waals surface area contributed by atoms with Crippen LogP contribution in [0.4, 0.5) is 11.4 Å². The standard InChI is InChI=1S/C17H21N3O2/c1-11(2)16(20-10-12(3)8-9-15(20)21)17(22)19-14-7-5-4-6-13(14)18/h4-11,16H,18H2,1-3H3,(H,19,22). The van der Waals surface area contributed by atoms with E-state index in [1.165, 1.54) is 10.6 Å². The van der Waals surface area contributed by atoms with Crippen LogP contribution in [0.25, 0.3) is 0 Å². The third-order valence-corrected chi connectivity index (χ3v) is 3.50. The molecule has 1 atom stereocenters. The molecule has 5 heteroatoms. The summed E-state index contributed by atoms with van der Waals surface area (Å²) in [5.74, 6) is -0.287. The lowest BCUT2D eigenvalue weighted by Gasteiger charge is -2.23. The predicted octanol–water partition coefficient (Wildman–Crippen LogP) is 2.57. The summed E-state index contributed by atoms with van der Waals surface area (Å²) in [4.78, 5) is 24.7. The van der Waals surface area contributed by atoms with Crippen molar-refractivity contribution in [3.8, 4) is 0 Å². The van der Waals surface area contributed by atoms with Crippen molar-refractivity contribution < 1.29 is 4.79 Å². The summed E-state index contributed by atoms with van der Waals surface area (Å²) in [7, 11) is 0. The Balaban J connectivity index is 2.36. The van der Waals surface area contributed by atoms with Gasteiger partial charge in [0.05, 0.1) is 11.4 Å². The van der Waals surface area contributed by atoms with Crippen molar-refractivity contribution in [3.63, 3.8) is 0 Å². The molecule has 1 aromatic heterocycles. The topological polar surface area (TPSA) is 77.1 Å². The highest BCUT2D eigenvalue weighted by Crippen LogP contribution is 2.22. The van der Waals surface area contributed by atoms with Crippen LogP contribution in [0.3, 0.4) is 0 Å². The summed E-state index contributed by atoms with van der Waals surface area (Å²) < 4.78 is 1.48. The van der Waals surface area contributed by atoms with Crippen LogP contribution in [0.5, 0.6) is 0 Å². The molecule has 0 aliphatic carbocycles. The fourth-order valence-corrected chi connectivity index (χ4v) is 2.40. The van der Waals surface area contributed by atoms with Crippen molar-refractivity contribution in [1.82, 2.24) is 4.57 Å². The van der Waals surface area contributed by atoms with E-state index in [1.807, 2.05) is 20.8 Å². The van der Waals surface area contributed by atoms with Gasteiger partial charge in [0.1, 0.15) is 6.04 Å². The zero-order valence-electron chi connectivity index (χ0n) is 13.0. The first-order valence-corrected chi connectivity index (χ1v) is 7.24. The molecular formula is C17H21N3O2. The van der Waals surface area contributed by atoms with Gasteiger partial charge in [-0.15, -0.1) is 0 Å². The molecule has 0 saturated heterocycles. The second-order valence-corrected chi connectivity index (χ2v) is 5.72. The summed E-state index contributed by atoms with van der Waals surface area (Å²) >= 11 is 0. The van der Waals surface area contributed by atoms with Crippen molar-refractivity contribution >= 4 is 17.3 Å². The number of carbonyl (C=O) groups is 1. The summed E-state index contributed by atoms with van der Waals surface area (Å²) in [5, 5.41) is 2.81. The molecule has 5 nitrogen and oxygen atoms in total. The van der Waals surface area contributed by atoms with E-state index in [0.29, 0.717) is 11.4 Å². The number of carbonyl (C=O) groups excluding carboxylic acids is 1. The largest absolute Gasteiger partial charge is 0.397 e. The first kappa shape index (κ1) is 15.8. The Morgan fingerprint density at radius 3 is 2.50 bits per heavy atom. The number of benzene rings is 1. The van der Waals surface area contributed by atoms with Gasteiger partial charge in [-0.3, -0.25) is 9.59 Å². The quantitative estimate of drug-likeness (QED) is 0.852.